The number of likely N-dealkylation sites (N-methyl/N-ethyl adjacent to an activating group) is 1. The number of aromatic nitrogens is 1. The maximum absolute atomic E-state index is 12.6. The van der Waals surface area contributed by atoms with Crippen LogP contribution in [0.15, 0.2) is 54.7 Å². The third kappa shape index (κ3) is 5.80. The fraction of sp³-hybridized carbons (Fsp3) is 0.296. The molecule has 1 aliphatic heterocycles. The normalized spacial score (nSPS) is 13.2. The number of hydrogen-bond donors (Lipinski definition) is 3. The van der Waals surface area contributed by atoms with Crippen molar-refractivity contribution in [1.82, 2.24) is 15.2 Å². The molecule has 1 aromatic heterocycles. The summed E-state index contributed by atoms with van der Waals surface area (Å²) in [5, 5.41) is 13.6. The zero-order valence-electron chi connectivity index (χ0n) is 20.5. The first-order valence-corrected chi connectivity index (χ1v) is 11.5. The molecule has 178 valence electrons. The molecule has 1 amide bonds. The number of hydrogen-bond acceptors (Lipinski definition) is 6. The Bertz CT molecular complexity index is 1160. The summed E-state index contributed by atoms with van der Waals surface area (Å²) in [5.74, 6) is 1.29. The monoisotopic (exact) mass is 459 g/mol. The Morgan fingerprint density at radius 1 is 1.12 bits per heavy atom. The molecule has 0 atom stereocenters. The van der Waals surface area contributed by atoms with Gasteiger partial charge in [-0.05, 0) is 49.9 Å². The van der Waals surface area contributed by atoms with Crippen LogP contribution in [-0.4, -0.2) is 55.2 Å². The van der Waals surface area contributed by atoms with E-state index in [-0.39, 0.29) is 11.9 Å². The molecule has 0 unspecified atom stereocenters. The van der Waals surface area contributed by atoms with Crippen LogP contribution in [0.5, 0.6) is 11.5 Å². The number of pyridine rings is 1. The minimum atomic E-state index is -0.0362. The zero-order chi connectivity index (χ0) is 24.7. The van der Waals surface area contributed by atoms with Crippen LogP contribution in [0.4, 0.5) is 5.69 Å². The first kappa shape index (κ1) is 24.9. The number of rotatable bonds is 7. The lowest BCUT2D eigenvalue weighted by Gasteiger charge is -2.36. The molecule has 34 heavy (non-hydrogen) atoms. The number of benzene rings is 2. The number of anilines is 1. The summed E-state index contributed by atoms with van der Waals surface area (Å²) in [5.41, 5.74) is 4.89. The minimum Gasteiger partial charge on any atom is -0.457 e. The maximum Gasteiger partial charge on any atom is 0.251 e. The van der Waals surface area contributed by atoms with E-state index in [1.54, 1.807) is 12.3 Å². The van der Waals surface area contributed by atoms with Gasteiger partial charge in [0.05, 0.1) is 11.7 Å². The fourth-order valence-electron chi connectivity index (χ4n) is 3.84. The van der Waals surface area contributed by atoms with E-state index in [0.717, 1.165) is 41.2 Å². The highest BCUT2D eigenvalue weighted by Crippen LogP contribution is 2.29. The average molecular weight is 460 g/mol. The quantitative estimate of drug-likeness (QED) is 0.435. The van der Waals surface area contributed by atoms with E-state index in [0.29, 0.717) is 17.1 Å². The van der Waals surface area contributed by atoms with Crippen LogP contribution in [0.1, 0.15) is 35.3 Å². The Balaban J connectivity index is 0.00000158. The van der Waals surface area contributed by atoms with Crippen molar-refractivity contribution in [1.29, 1.82) is 5.41 Å². The second-order valence-corrected chi connectivity index (χ2v) is 8.04. The van der Waals surface area contributed by atoms with Gasteiger partial charge in [0.25, 0.3) is 5.91 Å². The highest BCUT2D eigenvalue weighted by atomic mass is 16.5. The lowest BCUT2D eigenvalue weighted by Crippen LogP contribution is -2.57. The molecule has 1 aliphatic rings. The molecule has 2 aromatic carbocycles. The van der Waals surface area contributed by atoms with E-state index >= 15 is 0 Å². The van der Waals surface area contributed by atoms with E-state index in [4.69, 9.17) is 10.1 Å². The van der Waals surface area contributed by atoms with Gasteiger partial charge in [0, 0.05) is 67.1 Å². The molecule has 7 heteroatoms. The van der Waals surface area contributed by atoms with Crippen molar-refractivity contribution in [3.05, 3.63) is 71.4 Å². The van der Waals surface area contributed by atoms with Crippen molar-refractivity contribution in [3.8, 4) is 22.8 Å². The van der Waals surface area contributed by atoms with Gasteiger partial charge in [-0.2, -0.15) is 0 Å². The van der Waals surface area contributed by atoms with Crippen LogP contribution < -0.4 is 15.4 Å². The van der Waals surface area contributed by atoms with Crippen molar-refractivity contribution < 1.29 is 9.53 Å². The molecule has 0 aliphatic carbocycles. The smallest absolute Gasteiger partial charge is 0.251 e. The van der Waals surface area contributed by atoms with E-state index in [1.165, 1.54) is 6.21 Å². The van der Waals surface area contributed by atoms with Crippen molar-refractivity contribution in [2.75, 3.05) is 32.5 Å². The van der Waals surface area contributed by atoms with E-state index in [9.17, 15) is 4.79 Å². The van der Waals surface area contributed by atoms with Crippen molar-refractivity contribution >= 4 is 17.8 Å². The number of carbonyl (C=O) groups is 1. The molecule has 1 fully saturated rings. The summed E-state index contributed by atoms with van der Waals surface area (Å²) in [6.07, 6.45) is 3.01. The molecule has 0 bridgehead atoms. The SMILES string of the molecule is CC.CNc1cc(Oc2ccnc(-c3ccc(C(=O)NC4CN(C)C4)c(C)c3)c2)ccc1C=N. The van der Waals surface area contributed by atoms with Gasteiger partial charge in [-0.25, -0.2) is 0 Å². The molecular formula is C27H33N5O2. The van der Waals surface area contributed by atoms with Gasteiger partial charge >= 0.3 is 0 Å². The van der Waals surface area contributed by atoms with Crippen LogP contribution >= 0.6 is 0 Å². The topological polar surface area (TPSA) is 90.3 Å². The predicted molar refractivity (Wildman–Crippen MR) is 138 cm³/mol. The molecule has 0 spiro atoms. The second kappa shape index (κ2) is 11.4. The largest absolute Gasteiger partial charge is 0.457 e. The third-order valence-corrected chi connectivity index (χ3v) is 5.58. The number of amides is 1. The number of likely N-dealkylation sites (tertiary alicyclic amines) is 1. The lowest BCUT2D eigenvalue weighted by atomic mass is 10.0. The van der Waals surface area contributed by atoms with Crippen LogP contribution in [0.25, 0.3) is 11.3 Å². The van der Waals surface area contributed by atoms with Gasteiger partial charge in [0.2, 0.25) is 0 Å². The molecule has 4 rings (SSSR count). The Labute approximate surface area is 201 Å². The standard InChI is InChI=1S/C25H27N5O2.C2H6/c1-16-10-17(5-7-22(16)25(31)29-19-14-30(3)15-19)24-12-21(8-9-28-24)32-20-6-4-18(13-26)23(11-20)27-2;1-2/h4-13,19,26-27H,14-15H2,1-3H3,(H,29,31);1-2H3. The minimum absolute atomic E-state index is 0.0362. The van der Waals surface area contributed by atoms with Gasteiger partial charge in [0.15, 0.2) is 0 Å². The first-order chi connectivity index (χ1) is 16.5. The Morgan fingerprint density at radius 3 is 2.50 bits per heavy atom. The Kier molecular flexibility index (Phi) is 8.38. The summed E-state index contributed by atoms with van der Waals surface area (Å²) >= 11 is 0. The van der Waals surface area contributed by atoms with Gasteiger partial charge in [0.1, 0.15) is 11.5 Å². The number of aryl methyl sites for hydroxylation is 1. The highest BCUT2D eigenvalue weighted by molar-refractivity contribution is 5.96. The summed E-state index contributed by atoms with van der Waals surface area (Å²) in [6.45, 7) is 7.72. The summed E-state index contributed by atoms with van der Waals surface area (Å²) in [6, 6.07) is 15.2. The fourth-order valence-corrected chi connectivity index (χ4v) is 3.84. The first-order valence-electron chi connectivity index (χ1n) is 11.5. The van der Waals surface area contributed by atoms with Gasteiger partial charge < -0.3 is 25.7 Å². The van der Waals surface area contributed by atoms with E-state index in [1.807, 2.05) is 77.3 Å². The number of nitrogens with one attached hydrogen (secondary N) is 3. The molecule has 3 aromatic rings. The zero-order valence-corrected chi connectivity index (χ0v) is 20.5. The molecule has 2 heterocycles. The van der Waals surface area contributed by atoms with Crippen molar-refractivity contribution in [2.24, 2.45) is 0 Å². The van der Waals surface area contributed by atoms with E-state index in [2.05, 4.69) is 20.5 Å². The molecule has 0 radical (unpaired) electrons. The maximum atomic E-state index is 12.6. The summed E-state index contributed by atoms with van der Waals surface area (Å²) in [7, 11) is 3.85. The second-order valence-electron chi connectivity index (χ2n) is 8.04. The van der Waals surface area contributed by atoms with Crippen LogP contribution in [0.2, 0.25) is 0 Å². The van der Waals surface area contributed by atoms with Crippen LogP contribution in [0, 0.1) is 12.3 Å². The van der Waals surface area contributed by atoms with Gasteiger partial charge in [-0.3, -0.25) is 9.78 Å². The summed E-state index contributed by atoms with van der Waals surface area (Å²) < 4.78 is 6.02. The molecule has 3 N–H and O–H groups in total. The molecule has 7 nitrogen and oxygen atoms in total. The average Bonchev–Trinajstić information content (AvgIpc) is 2.84. The lowest BCUT2D eigenvalue weighted by molar-refractivity contribution is 0.0857. The van der Waals surface area contributed by atoms with Crippen molar-refractivity contribution in [2.45, 2.75) is 26.8 Å². The highest BCUT2D eigenvalue weighted by Gasteiger charge is 2.25. The number of ether oxygens (including phenoxy) is 1. The predicted octanol–water partition coefficient (Wildman–Crippen LogP) is 4.96. The van der Waals surface area contributed by atoms with Crippen LogP contribution in [0.3, 0.4) is 0 Å². The Morgan fingerprint density at radius 2 is 1.85 bits per heavy atom. The molecule has 1 saturated heterocycles. The third-order valence-electron chi connectivity index (χ3n) is 5.58. The number of carbonyl (C=O) groups excluding carboxylic acids is 1. The van der Waals surface area contributed by atoms with Crippen molar-refractivity contribution in [3.63, 3.8) is 0 Å². The van der Waals surface area contributed by atoms with Crippen LogP contribution in [-0.2, 0) is 0 Å². The Hall–Kier alpha value is -3.71. The molecule has 0 saturated carbocycles. The van der Waals surface area contributed by atoms with Gasteiger partial charge in [-0.1, -0.05) is 19.9 Å². The summed E-state index contributed by atoms with van der Waals surface area (Å²) in [4.78, 5) is 19.2. The van der Waals surface area contributed by atoms with E-state index < -0.39 is 0 Å². The van der Waals surface area contributed by atoms with Gasteiger partial charge in [-0.15, -0.1) is 0 Å². The number of nitrogens with zero attached hydrogens (tertiary/aromatic N) is 2. The molecular weight excluding hydrogens is 426 g/mol.